The number of hydrogen-bond acceptors (Lipinski definition) is 6. The average Bonchev–Trinajstić information content (AvgIpc) is 3.06. The van der Waals surface area contributed by atoms with Crippen molar-refractivity contribution in [1.82, 2.24) is 4.98 Å². The summed E-state index contributed by atoms with van der Waals surface area (Å²) in [6.07, 6.45) is 1.61. The van der Waals surface area contributed by atoms with Gasteiger partial charge in [0.25, 0.3) is 5.69 Å². The Kier molecular flexibility index (Phi) is 4.83. The maximum atomic E-state index is 10.8. The van der Waals surface area contributed by atoms with E-state index in [0.29, 0.717) is 21.4 Å². The van der Waals surface area contributed by atoms with Gasteiger partial charge >= 0.3 is 0 Å². The Hall–Kier alpha value is -2.77. The first-order chi connectivity index (χ1) is 11.6. The molecule has 3 rings (SSSR count). The molecule has 2 aromatic carbocycles. The van der Waals surface area contributed by atoms with E-state index in [0.717, 1.165) is 5.56 Å². The highest BCUT2D eigenvalue weighted by Gasteiger charge is 2.09. The van der Waals surface area contributed by atoms with Crippen molar-refractivity contribution in [3.8, 4) is 11.3 Å². The lowest BCUT2D eigenvalue weighted by Gasteiger charge is -1.97. The van der Waals surface area contributed by atoms with Gasteiger partial charge in [-0.1, -0.05) is 41.9 Å². The molecule has 0 saturated carbocycles. The number of halogens is 1. The Morgan fingerprint density at radius 2 is 2.08 bits per heavy atom. The Bertz CT molecular complexity index is 910. The van der Waals surface area contributed by atoms with Crippen LogP contribution in [0.4, 0.5) is 10.8 Å². The van der Waals surface area contributed by atoms with Gasteiger partial charge < -0.3 is 0 Å². The van der Waals surface area contributed by atoms with Crippen LogP contribution in [0, 0.1) is 10.1 Å². The quantitative estimate of drug-likeness (QED) is 0.403. The molecular formula is C16H11ClN4O2S. The average molecular weight is 359 g/mol. The minimum absolute atomic E-state index is 0.0340. The first kappa shape index (κ1) is 16.1. The van der Waals surface area contributed by atoms with Crippen LogP contribution in [0.5, 0.6) is 0 Å². The zero-order valence-corrected chi connectivity index (χ0v) is 13.8. The highest BCUT2D eigenvalue weighted by molar-refractivity contribution is 7.14. The van der Waals surface area contributed by atoms with Crippen molar-refractivity contribution >= 4 is 40.0 Å². The number of thiazole rings is 1. The van der Waals surface area contributed by atoms with Crippen LogP contribution in [0.15, 0.2) is 59.0 Å². The number of benzene rings is 2. The molecule has 0 fully saturated rings. The second-order valence-corrected chi connectivity index (χ2v) is 6.00. The van der Waals surface area contributed by atoms with Crippen LogP contribution in [0.2, 0.25) is 5.02 Å². The van der Waals surface area contributed by atoms with Gasteiger partial charge in [0.05, 0.1) is 16.8 Å². The predicted octanol–water partition coefficient (Wildman–Crippen LogP) is 4.82. The number of nitrogens with one attached hydrogen (secondary N) is 1. The van der Waals surface area contributed by atoms with E-state index in [1.54, 1.807) is 24.4 Å². The van der Waals surface area contributed by atoms with Gasteiger partial charge in [0.1, 0.15) is 0 Å². The minimum Gasteiger partial charge on any atom is -0.258 e. The first-order valence-corrected chi connectivity index (χ1v) is 8.13. The number of nitro groups is 1. The zero-order chi connectivity index (χ0) is 16.9. The third-order valence-electron chi connectivity index (χ3n) is 3.13. The van der Waals surface area contributed by atoms with E-state index in [1.807, 2.05) is 23.6 Å². The molecule has 0 atom stereocenters. The molecule has 1 N–H and O–H groups in total. The van der Waals surface area contributed by atoms with Gasteiger partial charge in [-0.15, -0.1) is 11.3 Å². The molecule has 0 aliphatic carbocycles. The summed E-state index contributed by atoms with van der Waals surface area (Å²) in [4.78, 5) is 14.8. The summed E-state index contributed by atoms with van der Waals surface area (Å²) in [5.74, 6) is 0. The maximum Gasteiger partial charge on any atom is 0.270 e. The largest absolute Gasteiger partial charge is 0.270 e. The van der Waals surface area contributed by atoms with Crippen LogP contribution >= 0.6 is 22.9 Å². The van der Waals surface area contributed by atoms with E-state index in [9.17, 15) is 10.1 Å². The van der Waals surface area contributed by atoms with E-state index in [2.05, 4.69) is 15.5 Å². The van der Waals surface area contributed by atoms with Crippen molar-refractivity contribution in [3.63, 3.8) is 0 Å². The highest BCUT2D eigenvalue weighted by Crippen LogP contribution is 2.27. The van der Waals surface area contributed by atoms with Gasteiger partial charge in [-0.3, -0.25) is 15.5 Å². The van der Waals surface area contributed by atoms with Gasteiger partial charge in [0, 0.05) is 33.7 Å². The molecule has 8 heteroatoms. The number of hydrazone groups is 1. The highest BCUT2D eigenvalue weighted by atomic mass is 35.5. The lowest BCUT2D eigenvalue weighted by Crippen LogP contribution is -1.91. The molecule has 24 heavy (non-hydrogen) atoms. The van der Waals surface area contributed by atoms with Gasteiger partial charge in [-0.25, -0.2) is 4.98 Å². The van der Waals surface area contributed by atoms with Crippen molar-refractivity contribution in [2.24, 2.45) is 5.10 Å². The number of non-ortho nitro benzene ring substituents is 1. The molecular weight excluding hydrogens is 348 g/mol. The second kappa shape index (κ2) is 7.20. The summed E-state index contributed by atoms with van der Waals surface area (Å²) in [5, 5.41) is 18.0. The summed E-state index contributed by atoms with van der Waals surface area (Å²) >= 11 is 7.40. The van der Waals surface area contributed by atoms with Crippen molar-refractivity contribution in [1.29, 1.82) is 0 Å². The standard InChI is InChI=1S/C16H11ClN4O2S/c17-14-7-2-1-4-12(14)9-18-20-16-19-15(10-24-16)11-5-3-6-13(8-11)21(22)23/h1-10H,(H,19,20)/b18-9-. The van der Waals surface area contributed by atoms with Crippen LogP contribution in [0.25, 0.3) is 11.3 Å². The summed E-state index contributed by atoms with van der Waals surface area (Å²) < 4.78 is 0. The Morgan fingerprint density at radius 1 is 1.25 bits per heavy atom. The smallest absolute Gasteiger partial charge is 0.258 e. The number of aromatic nitrogens is 1. The molecule has 120 valence electrons. The molecule has 3 aromatic rings. The maximum absolute atomic E-state index is 10.8. The lowest BCUT2D eigenvalue weighted by atomic mass is 10.1. The Balaban J connectivity index is 1.73. The van der Waals surface area contributed by atoms with Crippen LogP contribution < -0.4 is 5.43 Å². The second-order valence-electron chi connectivity index (χ2n) is 4.74. The van der Waals surface area contributed by atoms with Crippen molar-refractivity contribution < 1.29 is 4.92 Å². The van der Waals surface area contributed by atoms with E-state index in [1.165, 1.54) is 23.5 Å². The van der Waals surface area contributed by atoms with Crippen molar-refractivity contribution in [3.05, 3.63) is 74.6 Å². The molecule has 0 unspecified atom stereocenters. The SMILES string of the molecule is O=[N+]([O-])c1cccc(-c2csc(N/N=C\c3ccccc3Cl)n2)c1. The van der Waals surface area contributed by atoms with E-state index < -0.39 is 4.92 Å². The molecule has 0 amide bonds. The summed E-state index contributed by atoms with van der Waals surface area (Å²) in [6, 6.07) is 13.7. The number of rotatable bonds is 5. The Labute approximate surface area is 146 Å². The van der Waals surface area contributed by atoms with Gasteiger partial charge in [-0.05, 0) is 6.07 Å². The van der Waals surface area contributed by atoms with E-state index in [4.69, 9.17) is 11.6 Å². The first-order valence-electron chi connectivity index (χ1n) is 6.87. The topological polar surface area (TPSA) is 80.4 Å². The van der Waals surface area contributed by atoms with Crippen molar-refractivity contribution in [2.75, 3.05) is 5.43 Å². The zero-order valence-electron chi connectivity index (χ0n) is 12.2. The van der Waals surface area contributed by atoms with Crippen LogP contribution in [0.3, 0.4) is 0 Å². The third-order valence-corrected chi connectivity index (χ3v) is 4.22. The van der Waals surface area contributed by atoms with Gasteiger partial charge in [0.2, 0.25) is 5.13 Å². The summed E-state index contributed by atoms with van der Waals surface area (Å²) in [6.45, 7) is 0. The van der Waals surface area contributed by atoms with Gasteiger partial charge in [-0.2, -0.15) is 5.10 Å². The summed E-state index contributed by atoms with van der Waals surface area (Å²) in [5.41, 5.74) is 5.00. The van der Waals surface area contributed by atoms with Crippen LogP contribution in [-0.2, 0) is 0 Å². The number of anilines is 1. The fourth-order valence-electron chi connectivity index (χ4n) is 1.97. The lowest BCUT2D eigenvalue weighted by molar-refractivity contribution is -0.384. The fourth-order valence-corrected chi connectivity index (χ4v) is 2.83. The normalized spacial score (nSPS) is 10.9. The molecule has 0 radical (unpaired) electrons. The number of hydrogen-bond donors (Lipinski definition) is 1. The Morgan fingerprint density at radius 3 is 2.88 bits per heavy atom. The third kappa shape index (κ3) is 3.76. The fraction of sp³-hybridized carbons (Fsp3) is 0. The monoisotopic (exact) mass is 358 g/mol. The number of nitro benzene ring substituents is 1. The molecule has 0 bridgehead atoms. The molecule has 0 saturated heterocycles. The van der Waals surface area contributed by atoms with E-state index in [-0.39, 0.29) is 5.69 Å². The molecule has 0 spiro atoms. The minimum atomic E-state index is -0.428. The molecule has 0 aliphatic heterocycles. The predicted molar refractivity (Wildman–Crippen MR) is 96.9 cm³/mol. The van der Waals surface area contributed by atoms with Crippen LogP contribution in [0.1, 0.15) is 5.56 Å². The van der Waals surface area contributed by atoms with Crippen molar-refractivity contribution in [2.45, 2.75) is 0 Å². The van der Waals surface area contributed by atoms with Gasteiger partial charge in [0.15, 0.2) is 0 Å². The number of nitrogens with zero attached hydrogens (tertiary/aromatic N) is 3. The molecule has 1 aromatic heterocycles. The summed E-state index contributed by atoms with van der Waals surface area (Å²) in [7, 11) is 0. The molecule has 1 heterocycles. The molecule has 0 aliphatic rings. The van der Waals surface area contributed by atoms with E-state index >= 15 is 0 Å². The van der Waals surface area contributed by atoms with Crippen LogP contribution in [-0.4, -0.2) is 16.1 Å². The molecule has 6 nitrogen and oxygen atoms in total.